The number of aromatic nitrogens is 1. The number of hydrogen-bond donors (Lipinski definition) is 2. The number of carbonyl (C=O) groups excluding carboxylic acids is 1. The van der Waals surface area contributed by atoms with E-state index in [9.17, 15) is 9.59 Å². The first kappa shape index (κ1) is 16.5. The first-order chi connectivity index (χ1) is 10.5. The number of thioether (sulfide) groups is 1. The van der Waals surface area contributed by atoms with Crippen LogP contribution in [0.5, 0.6) is 0 Å². The fourth-order valence-electron chi connectivity index (χ4n) is 1.96. The average molecular weight is 336 g/mol. The van der Waals surface area contributed by atoms with E-state index in [1.54, 1.807) is 11.8 Å². The molecule has 116 valence electrons. The Bertz CT molecular complexity index is 668. The minimum atomic E-state index is -0.959. The van der Waals surface area contributed by atoms with Gasteiger partial charge >= 0.3 is 5.97 Å². The van der Waals surface area contributed by atoms with Crippen LogP contribution in [0.25, 0.3) is 0 Å². The number of benzene rings is 1. The SMILES string of the molecule is CSc1ccc(C(CC(=O)O)NC(=O)c2cnc(C)s2)cc1. The smallest absolute Gasteiger partial charge is 0.305 e. The zero-order valence-electron chi connectivity index (χ0n) is 12.2. The zero-order chi connectivity index (χ0) is 16.1. The molecule has 0 saturated heterocycles. The Hall–Kier alpha value is -1.86. The molecule has 0 spiro atoms. The fourth-order valence-corrected chi connectivity index (χ4v) is 3.05. The van der Waals surface area contributed by atoms with Gasteiger partial charge in [-0.2, -0.15) is 0 Å². The number of aryl methyl sites for hydroxylation is 1. The van der Waals surface area contributed by atoms with Gasteiger partial charge in [-0.15, -0.1) is 23.1 Å². The van der Waals surface area contributed by atoms with Crippen molar-refractivity contribution in [1.82, 2.24) is 10.3 Å². The van der Waals surface area contributed by atoms with Crippen LogP contribution in [-0.4, -0.2) is 28.2 Å². The van der Waals surface area contributed by atoms with Gasteiger partial charge in [0.2, 0.25) is 0 Å². The van der Waals surface area contributed by atoms with Crippen LogP contribution in [0.3, 0.4) is 0 Å². The minimum absolute atomic E-state index is 0.165. The molecule has 5 nitrogen and oxygen atoms in total. The van der Waals surface area contributed by atoms with Gasteiger partial charge in [0.1, 0.15) is 4.88 Å². The summed E-state index contributed by atoms with van der Waals surface area (Å²) in [6.45, 7) is 1.82. The van der Waals surface area contributed by atoms with Crippen LogP contribution in [0, 0.1) is 6.92 Å². The van der Waals surface area contributed by atoms with Crippen molar-refractivity contribution in [3.8, 4) is 0 Å². The molecule has 0 radical (unpaired) electrons. The van der Waals surface area contributed by atoms with E-state index in [2.05, 4.69) is 10.3 Å². The van der Waals surface area contributed by atoms with E-state index in [1.807, 2.05) is 37.4 Å². The van der Waals surface area contributed by atoms with Crippen LogP contribution in [0.1, 0.15) is 32.7 Å². The highest BCUT2D eigenvalue weighted by molar-refractivity contribution is 7.98. The lowest BCUT2D eigenvalue weighted by Gasteiger charge is -2.17. The van der Waals surface area contributed by atoms with Crippen LogP contribution in [0.15, 0.2) is 35.4 Å². The van der Waals surface area contributed by atoms with E-state index in [-0.39, 0.29) is 12.3 Å². The van der Waals surface area contributed by atoms with Crippen LogP contribution < -0.4 is 5.32 Å². The Morgan fingerprint density at radius 3 is 2.55 bits per heavy atom. The van der Waals surface area contributed by atoms with Crippen molar-refractivity contribution in [3.63, 3.8) is 0 Å². The molecule has 1 atom stereocenters. The van der Waals surface area contributed by atoms with Gasteiger partial charge in [-0.25, -0.2) is 4.98 Å². The van der Waals surface area contributed by atoms with Gasteiger partial charge in [0, 0.05) is 4.90 Å². The molecule has 22 heavy (non-hydrogen) atoms. The standard InChI is InChI=1S/C15H16N2O3S2/c1-9-16-8-13(22-9)15(20)17-12(7-14(18)19)10-3-5-11(21-2)6-4-10/h3-6,8,12H,7H2,1-2H3,(H,17,20)(H,18,19). The third-order valence-electron chi connectivity index (χ3n) is 3.05. The Balaban J connectivity index is 2.18. The van der Waals surface area contributed by atoms with Crippen LogP contribution >= 0.6 is 23.1 Å². The Morgan fingerprint density at radius 1 is 1.36 bits per heavy atom. The highest BCUT2D eigenvalue weighted by Gasteiger charge is 2.20. The molecule has 0 bridgehead atoms. The van der Waals surface area contributed by atoms with Crippen LogP contribution in [-0.2, 0) is 4.79 Å². The summed E-state index contributed by atoms with van der Waals surface area (Å²) in [5.74, 6) is -1.26. The maximum Gasteiger partial charge on any atom is 0.305 e. The van der Waals surface area contributed by atoms with Gasteiger partial charge in [0.05, 0.1) is 23.7 Å². The van der Waals surface area contributed by atoms with Crippen molar-refractivity contribution < 1.29 is 14.7 Å². The predicted molar refractivity (Wildman–Crippen MR) is 87.5 cm³/mol. The topological polar surface area (TPSA) is 79.3 Å². The van der Waals surface area contributed by atoms with Crippen LogP contribution in [0.4, 0.5) is 0 Å². The number of carboxylic acid groups (broad SMARTS) is 1. The first-order valence-electron chi connectivity index (χ1n) is 6.58. The number of nitrogens with one attached hydrogen (secondary N) is 1. The molecule has 1 unspecified atom stereocenters. The lowest BCUT2D eigenvalue weighted by Crippen LogP contribution is -2.29. The summed E-state index contributed by atoms with van der Waals surface area (Å²) in [6.07, 6.45) is 3.31. The second-order valence-electron chi connectivity index (χ2n) is 4.64. The summed E-state index contributed by atoms with van der Waals surface area (Å²) in [5, 5.41) is 12.6. The molecular formula is C15H16N2O3S2. The summed E-state index contributed by atoms with van der Waals surface area (Å²) in [5.41, 5.74) is 0.773. The second-order valence-corrected chi connectivity index (χ2v) is 6.76. The molecule has 2 aromatic rings. The Labute approximate surface area is 136 Å². The van der Waals surface area contributed by atoms with Crippen molar-refractivity contribution in [3.05, 3.63) is 45.9 Å². The zero-order valence-corrected chi connectivity index (χ0v) is 13.8. The molecule has 0 aliphatic heterocycles. The highest BCUT2D eigenvalue weighted by Crippen LogP contribution is 2.22. The normalized spacial score (nSPS) is 11.9. The van der Waals surface area contributed by atoms with Crippen molar-refractivity contribution in [2.45, 2.75) is 24.3 Å². The quantitative estimate of drug-likeness (QED) is 0.792. The number of carboxylic acids is 1. The highest BCUT2D eigenvalue weighted by atomic mass is 32.2. The maximum absolute atomic E-state index is 12.2. The maximum atomic E-state index is 12.2. The molecular weight excluding hydrogens is 320 g/mol. The van der Waals surface area contributed by atoms with E-state index in [4.69, 9.17) is 5.11 Å². The monoisotopic (exact) mass is 336 g/mol. The lowest BCUT2D eigenvalue weighted by molar-refractivity contribution is -0.137. The summed E-state index contributed by atoms with van der Waals surface area (Å²) in [7, 11) is 0. The molecule has 1 heterocycles. The van der Waals surface area contributed by atoms with E-state index in [0.29, 0.717) is 4.88 Å². The molecule has 2 rings (SSSR count). The van der Waals surface area contributed by atoms with Crippen molar-refractivity contribution in [2.24, 2.45) is 0 Å². The average Bonchev–Trinajstić information content (AvgIpc) is 2.93. The summed E-state index contributed by atoms with van der Waals surface area (Å²) < 4.78 is 0. The molecule has 1 aromatic carbocycles. The van der Waals surface area contributed by atoms with Crippen molar-refractivity contribution >= 4 is 35.0 Å². The Morgan fingerprint density at radius 2 is 2.05 bits per heavy atom. The molecule has 1 aromatic heterocycles. The third kappa shape index (κ3) is 4.32. The lowest BCUT2D eigenvalue weighted by atomic mass is 10.0. The van der Waals surface area contributed by atoms with E-state index in [0.717, 1.165) is 15.5 Å². The number of rotatable bonds is 6. The number of carbonyl (C=O) groups is 2. The first-order valence-corrected chi connectivity index (χ1v) is 8.62. The third-order valence-corrected chi connectivity index (χ3v) is 4.70. The van der Waals surface area contributed by atoms with Gasteiger partial charge in [0.15, 0.2) is 0 Å². The fraction of sp³-hybridized carbons (Fsp3) is 0.267. The van der Waals surface area contributed by atoms with E-state index in [1.165, 1.54) is 17.5 Å². The van der Waals surface area contributed by atoms with Gasteiger partial charge in [-0.3, -0.25) is 9.59 Å². The van der Waals surface area contributed by atoms with E-state index < -0.39 is 12.0 Å². The summed E-state index contributed by atoms with van der Waals surface area (Å²) in [6, 6.07) is 6.95. The predicted octanol–water partition coefficient (Wildman–Crippen LogP) is 3.12. The van der Waals surface area contributed by atoms with E-state index >= 15 is 0 Å². The van der Waals surface area contributed by atoms with Gasteiger partial charge in [0.25, 0.3) is 5.91 Å². The molecule has 0 fully saturated rings. The number of aliphatic carboxylic acids is 1. The molecule has 0 aliphatic rings. The Kier molecular flexibility index (Phi) is 5.57. The molecule has 0 aliphatic carbocycles. The summed E-state index contributed by atoms with van der Waals surface area (Å²) in [4.78, 5) is 28.9. The van der Waals surface area contributed by atoms with Crippen molar-refractivity contribution in [2.75, 3.05) is 6.26 Å². The van der Waals surface area contributed by atoms with Gasteiger partial charge < -0.3 is 10.4 Å². The molecule has 2 N–H and O–H groups in total. The largest absolute Gasteiger partial charge is 0.481 e. The second kappa shape index (κ2) is 7.42. The number of thiazole rings is 1. The molecule has 1 amide bonds. The van der Waals surface area contributed by atoms with Crippen LogP contribution in [0.2, 0.25) is 0 Å². The summed E-state index contributed by atoms with van der Waals surface area (Å²) >= 11 is 2.89. The molecule has 7 heteroatoms. The minimum Gasteiger partial charge on any atom is -0.481 e. The van der Waals surface area contributed by atoms with Gasteiger partial charge in [-0.05, 0) is 30.9 Å². The molecule has 0 saturated carbocycles. The van der Waals surface area contributed by atoms with Crippen molar-refractivity contribution in [1.29, 1.82) is 0 Å². The number of nitrogens with zero attached hydrogens (tertiary/aromatic N) is 1. The number of amides is 1. The number of hydrogen-bond acceptors (Lipinski definition) is 5. The van der Waals surface area contributed by atoms with Gasteiger partial charge in [-0.1, -0.05) is 12.1 Å².